The van der Waals surface area contributed by atoms with Gasteiger partial charge in [-0.1, -0.05) is 31.5 Å². The van der Waals surface area contributed by atoms with Crippen LogP contribution in [0.25, 0.3) is 0 Å². The van der Waals surface area contributed by atoms with Crippen LogP contribution in [0.2, 0.25) is 0 Å². The van der Waals surface area contributed by atoms with Gasteiger partial charge >= 0.3 is 0 Å². The van der Waals surface area contributed by atoms with Gasteiger partial charge in [-0.3, -0.25) is 9.59 Å². The number of sulfonamides is 1. The van der Waals surface area contributed by atoms with Crippen LogP contribution in [0.15, 0.2) is 35.2 Å². The summed E-state index contributed by atoms with van der Waals surface area (Å²) in [6, 6.07) is 7.90. The molecule has 0 spiro atoms. The highest BCUT2D eigenvalue weighted by Crippen LogP contribution is 2.21. The van der Waals surface area contributed by atoms with E-state index in [2.05, 4.69) is 0 Å². The molecule has 11 heteroatoms. The number of hydrogen-bond donors (Lipinski definition) is 0. The summed E-state index contributed by atoms with van der Waals surface area (Å²) in [7, 11) is -6.70. The monoisotopic (exact) mass is 499 g/mol. The summed E-state index contributed by atoms with van der Waals surface area (Å²) in [4.78, 5) is 29.0. The van der Waals surface area contributed by atoms with Gasteiger partial charge in [0.05, 0.1) is 16.4 Å². The number of hydrogen-bond acceptors (Lipinski definition) is 6. The molecule has 9 nitrogen and oxygen atoms in total. The van der Waals surface area contributed by atoms with Crippen molar-refractivity contribution in [3.05, 3.63) is 30.3 Å². The Balaban J connectivity index is 1.51. The minimum Gasteiger partial charge on any atom is -0.340 e. The molecular formula is C22H33N3O6S2. The highest BCUT2D eigenvalue weighted by molar-refractivity contribution is 7.91. The fourth-order valence-electron chi connectivity index (χ4n) is 4.30. The number of rotatable bonds is 9. The van der Waals surface area contributed by atoms with Gasteiger partial charge in [0.1, 0.15) is 0 Å². The first-order chi connectivity index (χ1) is 15.6. The summed E-state index contributed by atoms with van der Waals surface area (Å²) < 4.78 is 50.6. The Kier molecular flexibility index (Phi) is 8.52. The summed E-state index contributed by atoms with van der Waals surface area (Å²) >= 11 is 0. The molecule has 1 unspecified atom stereocenters. The van der Waals surface area contributed by atoms with Crippen LogP contribution in [0.1, 0.15) is 39.0 Å². The molecule has 184 valence electrons. The van der Waals surface area contributed by atoms with E-state index in [1.807, 2.05) is 6.92 Å². The minimum atomic E-state index is -3.59. The molecule has 0 radical (unpaired) electrons. The van der Waals surface area contributed by atoms with Crippen molar-refractivity contribution in [2.24, 2.45) is 0 Å². The third-order valence-electron chi connectivity index (χ3n) is 6.25. The normalized spacial score (nSPS) is 21.1. The van der Waals surface area contributed by atoms with Crippen molar-refractivity contribution in [1.82, 2.24) is 14.1 Å². The second kappa shape index (κ2) is 11.0. The van der Waals surface area contributed by atoms with Crippen LogP contribution in [0.4, 0.5) is 0 Å². The summed E-state index contributed by atoms with van der Waals surface area (Å²) in [5, 5.41) is 0. The largest absolute Gasteiger partial charge is 0.340 e. The summed E-state index contributed by atoms with van der Waals surface area (Å²) in [5.41, 5.74) is 0. The number of nitrogens with zero attached hydrogens (tertiary/aromatic N) is 3. The van der Waals surface area contributed by atoms with Gasteiger partial charge in [0, 0.05) is 51.6 Å². The molecule has 0 saturated carbocycles. The van der Waals surface area contributed by atoms with Crippen molar-refractivity contribution in [3.63, 3.8) is 0 Å². The Morgan fingerprint density at radius 3 is 2.30 bits per heavy atom. The van der Waals surface area contributed by atoms with E-state index < -0.39 is 19.9 Å². The fraction of sp³-hybridized carbons (Fsp3) is 0.636. The Hall–Kier alpha value is -1.98. The minimum absolute atomic E-state index is 0.00571. The number of unbranched alkanes of at least 4 members (excludes halogenated alkanes) is 1. The number of piperazine rings is 1. The van der Waals surface area contributed by atoms with Crippen molar-refractivity contribution in [3.8, 4) is 0 Å². The van der Waals surface area contributed by atoms with Crippen molar-refractivity contribution in [1.29, 1.82) is 0 Å². The van der Waals surface area contributed by atoms with Gasteiger partial charge in [0.25, 0.3) is 0 Å². The molecule has 2 heterocycles. The zero-order chi connectivity index (χ0) is 24.1. The molecule has 0 N–H and O–H groups in total. The zero-order valence-corrected chi connectivity index (χ0v) is 20.7. The Bertz CT molecular complexity index is 1040. The van der Waals surface area contributed by atoms with Crippen molar-refractivity contribution in [2.75, 3.05) is 44.2 Å². The molecule has 2 saturated heterocycles. The first-order valence-corrected chi connectivity index (χ1v) is 14.7. The van der Waals surface area contributed by atoms with Gasteiger partial charge in [0.15, 0.2) is 9.84 Å². The van der Waals surface area contributed by atoms with Crippen LogP contribution < -0.4 is 0 Å². The molecule has 1 atom stereocenters. The lowest BCUT2D eigenvalue weighted by atomic mass is 10.1. The molecule has 0 aliphatic carbocycles. The number of sulfone groups is 1. The lowest BCUT2D eigenvalue weighted by Crippen LogP contribution is -2.50. The molecule has 0 bridgehead atoms. The Labute approximate surface area is 196 Å². The van der Waals surface area contributed by atoms with Crippen LogP contribution in [0, 0.1) is 0 Å². The van der Waals surface area contributed by atoms with Crippen LogP contribution in [-0.4, -0.2) is 93.0 Å². The van der Waals surface area contributed by atoms with Gasteiger partial charge in [-0.15, -0.1) is 0 Å². The number of benzene rings is 1. The molecular weight excluding hydrogens is 466 g/mol. The molecule has 33 heavy (non-hydrogen) atoms. The van der Waals surface area contributed by atoms with Gasteiger partial charge < -0.3 is 9.80 Å². The standard InChI is InChI=1S/C22H33N3O6S2/c1-2-3-12-25(19-11-17-32(28,29)18-19)22(27)10-9-21(26)23-13-15-24(16-14-23)33(30,31)20-7-5-4-6-8-20/h4-8,19H,2-3,9-18H2,1H3. The molecule has 2 amide bonds. The van der Waals surface area contributed by atoms with E-state index in [4.69, 9.17) is 0 Å². The maximum Gasteiger partial charge on any atom is 0.243 e. The highest BCUT2D eigenvalue weighted by atomic mass is 32.2. The molecule has 2 fully saturated rings. The second-order valence-electron chi connectivity index (χ2n) is 8.60. The van der Waals surface area contributed by atoms with E-state index in [1.165, 1.54) is 4.31 Å². The van der Waals surface area contributed by atoms with Gasteiger partial charge in [-0.05, 0) is 25.0 Å². The zero-order valence-electron chi connectivity index (χ0n) is 19.1. The van der Waals surface area contributed by atoms with Crippen LogP contribution in [-0.2, 0) is 29.4 Å². The van der Waals surface area contributed by atoms with Crippen LogP contribution in [0.5, 0.6) is 0 Å². The fourth-order valence-corrected chi connectivity index (χ4v) is 7.47. The summed E-state index contributed by atoms with van der Waals surface area (Å²) in [6.07, 6.45) is 2.18. The quantitative estimate of drug-likeness (QED) is 0.503. The number of carbonyl (C=O) groups is 2. The topological polar surface area (TPSA) is 112 Å². The van der Waals surface area contributed by atoms with Crippen molar-refractivity contribution < 1.29 is 26.4 Å². The third-order valence-corrected chi connectivity index (χ3v) is 9.91. The lowest BCUT2D eigenvalue weighted by molar-refractivity contribution is -0.138. The molecule has 0 aromatic heterocycles. The molecule has 2 aliphatic rings. The van der Waals surface area contributed by atoms with Gasteiger partial charge in [-0.2, -0.15) is 4.31 Å². The van der Waals surface area contributed by atoms with Crippen LogP contribution >= 0.6 is 0 Å². The van der Waals surface area contributed by atoms with E-state index in [9.17, 15) is 26.4 Å². The Morgan fingerprint density at radius 2 is 1.73 bits per heavy atom. The third kappa shape index (κ3) is 6.54. The average Bonchev–Trinajstić information content (AvgIpc) is 3.17. The molecule has 2 aliphatic heterocycles. The predicted molar refractivity (Wildman–Crippen MR) is 125 cm³/mol. The maximum atomic E-state index is 12.8. The SMILES string of the molecule is CCCCN(C(=O)CCC(=O)N1CCN(S(=O)(=O)c2ccccc2)CC1)C1CCS(=O)(=O)C1. The number of carbonyl (C=O) groups excluding carboxylic acids is 2. The molecule has 3 rings (SSSR count). The first kappa shape index (κ1) is 25.6. The van der Waals surface area contributed by atoms with Crippen LogP contribution in [0.3, 0.4) is 0 Å². The van der Waals surface area contributed by atoms with E-state index in [0.29, 0.717) is 13.0 Å². The maximum absolute atomic E-state index is 12.8. The average molecular weight is 500 g/mol. The van der Waals surface area contributed by atoms with Gasteiger partial charge in [0.2, 0.25) is 21.8 Å². The van der Waals surface area contributed by atoms with Crippen molar-refractivity contribution in [2.45, 2.75) is 50.0 Å². The van der Waals surface area contributed by atoms with E-state index >= 15 is 0 Å². The Morgan fingerprint density at radius 1 is 1.06 bits per heavy atom. The van der Waals surface area contributed by atoms with E-state index in [1.54, 1.807) is 40.1 Å². The second-order valence-corrected chi connectivity index (χ2v) is 12.8. The van der Waals surface area contributed by atoms with E-state index in [-0.39, 0.29) is 73.3 Å². The number of amides is 2. The molecule has 1 aromatic rings. The first-order valence-electron chi connectivity index (χ1n) is 11.5. The van der Waals surface area contributed by atoms with Gasteiger partial charge in [-0.25, -0.2) is 16.8 Å². The summed E-state index contributed by atoms with van der Waals surface area (Å²) in [6.45, 7) is 3.48. The smallest absolute Gasteiger partial charge is 0.243 e. The highest BCUT2D eigenvalue weighted by Gasteiger charge is 2.35. The van der Waals surface area contributed by atoms with Crippen molar-refractivity contribution >= 4 is 31.7 Å². The predicted octanol–water partition coefficient (Wildman–Crippen LogP) is 1.12. The van der Waals surface area contributed by atoms with E-state index in [0.717, 1.165) is 12.8 Å². The summed E-state index contributed by atoms with van der Waals surface area (Å²) in [5.74, 6) is -0.282. The lowest BCUT2D eigenvalue weighted by Gasteiger charge is -2.34. The molecule has 1 aromatic carbocycles.